The lowest BCUT2D eigenvalue weighted by molar-refractivity contribution is 1.47. The Labute approximate surface area is 73.9 Å². The van der Waals surface area contributed by atoms with Crippen molar-refractivity contribution in [2.45, 2.75) is 0 Å². The van der Waals surface area contributed by atoms with Crippen LogP contribution in [0.2, 0.25) is 10.0 Å². The molecule has 0 saturated carbocycles. The minimum absolute atomic E-state index is 0.561. The van der Waals surface area contributed by atoms with E-state index in [2.05, 4.69) is 11.1 Å². The standard InChI is InChI=1S/C8H4Cl2N/c9-6-1-2-7-5(8(6)10)3-4-11-7/h1-2,4,11H. The van der Waals surface area contributed by atoms with Crippen LogP contribution in [0.1, 0.15) is 0 Å². The average molecular weight is 185 g/mol. The van der Waals surface area contributed by atoms with E-state index in [-0.39, 0.29) is 0 Å². The van der Waals surface area contributed by atoms with Crippen LogP contribution in [0.15, 0.2) is 18.3 Å². The molecule has 0 aliphatic heterocycles. The van der Waals surface area contributed by atoms with Crippen molar-refractivity contribution in [1.29, 1.82) is 0 Å². The van der Waals surface area contributed by atoms with Crippen LogP contribution in [-0.2, 0) is 0 Å². The smallest absolute Gasteiger partial charge is 0.0692 e. The monoisotopic (exact) mass is 184 g/mol. The number of aromatic amines is 1. The van der Waals surface area contributed by atoms with Crippen LogP contribution in [-0.4, -0.2) is 4.98 Å². The summed E-state index contributed by atoms with van der Waals surface area (Å²) in [6.45, 7) is 0. The molecule has 1 radical (unpaired) electrons. The fourth-order valence-corrected chi connectivity index (χ4v) is 1.37. The molecule has 0 unspecified atom stereocenters. The SMILES string of the molecule is Clc1ccc2[nH]c[c]c2c1Cl. The second kappa shape index (κ2) is 2.43. The molecule has 1 aromatic heterocycles. The van der Waals surface area contributed by atoms with E-state index in [0.29, 0.717) is 10.0 Å². The summed E-state index contributed by atoms with van der Waals surface area (Å²) in [6.07, 6.45) is 1.72. The largest absolute Gasteiger partial charge is 0.360 e. The first-order valence-electron chi connectivity index (χ1n) is 3.12. The first-order valence-corrected chi connectivity index (χ1v) is 3.87. The third kappa shape index (κ3) is 1.01. The predicted molar refractivity (Wildman–Crippen MR) is 47.2 cm³/mol. The minimum Gasteiger partial charge on any atom is -0.360 e. The second-order valence-electron chi connectivity index (χ2n) is 2.22. The minimum atomic E-state index is 0.561. The first-order chi connectivity index (χ1) is 5.29. The highest BCUT2D eigenvalue weighted by Gasteiger charge is 2.02. The molecule has 0 saturated heterocycles. The Hall–Kier alpha value is -0.660. The fourth-order valence-electron chi connectivity index (χ4n) is 0.998. The molecule has 0 spiro atoms. The van der Waals surface area contributed by atoms with Gasteiger partial charge in [-0.05, 0) is 12.1 Å². The van der Waals surface area contributed by atoms with Crippen LogP contribution in [0.25, 0.3) is 10.9 Å². The van der Waals surface area contributed by atoms with Gasteiger partial charge in [0.05, 0.1) is 10.0 Å². The van der Waals surface area contributed by atoms with E-state index in [0.717, 1.165) is 10.9 Å². The third-order valence-electron chi connectivity index (χ3n) is 1.54. The lowest BCUT2D eigenvalue weighted by atomic mass is 10.2. The summed E-state index contributed by atoms with van der Waals surface area (Å²) >= 11 is 11.7. The molecule has 0 aliphatic rings. The van der Waals surface area contributed by atoms with Crippen molar-refractivity contribution < 1.29 is 0 Å². The zero-order valence-electron chi connectivity index (χ0n) is 5.49. The Balaban J connectivity index is 2.93. The van der Waals surface area contributed by atoms with Gasteiger partial charge in [-0.1, -0.05) is 23.2 Å². The molecule has 2 aromatic rings. The van der Waals surface area contributed by atoms with E-state index in [9.17, 15) is 0 Å². The van der Waals surface area contributed by atoms with E-state index >= 15 is 0 Å². The van der Waals surface area contributed by atoms with Crippen LogP contribution < -0.4 is 0 Å². The molecule has 3 heteroatoms. The van der Waals surface area contributed by atoms with E-state index in [1.807, 2.05) is 6.07 Å². The zero-order chi connectivity index (χ0) is 7.84. The molecule has 0 bridgehead atoms. The van der Waals surface area contributed by atoms with Crippen molar-refractivity contribution >= 4 is 34.1 Å². The molecule has 0 fully saturated rings. The number of hydrogen-bond donors (Lipinski definition) is 1. The van der Waals surface area contributed by atoms with Gasteiger partial charge in [0.1, 0.15) is 0 Å². The topological polar surface area (TPSA) is 15.8 Å². The maximum atomic E-state index is 5.88. The molecule has 11 heavy (non-hydrogen) atoms. The summed E-state index contributed by atoms with van der Waals surface area (Å²) in [5.74, 6) is 0. The van der Waals surface area contributed by atoms with E-state index in [4.69, 9.17) is 23.2 Å². The van der Waals surface area contributed by atoms with Crippen molar-refractivity contribution in [3.8, 4) is 0 Å². The zero-order valence-corrected chi connectivity index (χ0v) is 7.00. The van der Waals surface area contributed by atoms with Gasteiger partial charge in [0, 0.05) is 23.2 Å². The Kier molecular flexibility index (Phi) is 1.55. The maximum Gasteiger partial charge on any atom is 0.0692 e. The van der Waals surface area contributed by atoms with Crippen LogP contribution in [0, 0.1) is 6.07 Å². The van der Waals surface area contributed by atoms with Gasteiger partial charge in [-0.25, -0.2) is 0 Å². The Bertz CT molecular complexity index is 392. The normalized spacial score (nSPS) is 10.7. The van der Waals surface area contributed by atoms with Gasteiger partial charge in [-0.3, -0.25) is 0 Å². The Morgan fingerprint density at radius 1 is 1.27 bits per heavy atom. The number of halogens is 2. The van der Waals surface area contributed by atoms with Crippen molar-refractivity contribution in [3.63, 3.8) is 0 Å². The molecule has 1 aromatic carbocycles. The van der Waals surface area contributed by atoms with Crippen molar-refractivity contribution in [1.82, 2.24) is 4.98 Å². The summed E-state index contributed by atoms with van der Waals surface area (Å²) in [4.78, 5) is 2.99. The number of nitrogens with one attached hydrogen (secondary N) is 1. The second-order valence-corrected chi connectivity index (χ2v) is 3.00. The highest BCUT2D eigenvalue weighted by molar-refractivity contribution is 6.45. The molecular weight excluding hydrogens is 181 g/mol. The van der Waals surface area contributed by atoms with Crippen molar-refractivity contribution in [2.24, 2.45) is 0 Å². The quantitative estimate of drug-likeness (QED) is 0.648. The van der Waals surface area contributed by atoms with E-state index in [1.165, 1.54) is 0 Å². The van der Waals surface area contributed by atoms with Gasteiger partial charge < -0.3 is 4.98 Å². The molecule has 55 valence electrons. The molecule has 1 heterocycles. The average Bonchev–Trinajstić information content (AvgIpc) is 2.45. The number of fused-ring (bicyclic) bond motifs is 1. The van der Waals surface area contributed by atoms with E-state index in [1.54, 1.807) is 12.3 Å². The number of rotatable bonds is 0. The first kappa shape index (κ1) is 7.01. The molecular formula is C8H4Cl2N. The van der Waals surface area contributed by atoms with Crippen LogP contribution in [0.4, 0.5) is 0 Å². The molecule has 1 nitrogen and oxygen atoms in total. The molecule has 0 atom stereocenters. The predicted octanol–water partition coefficient (Wildman–Crippen LogP) is 3.27. The maximum absolute atomic E-state index is 5.88. The van der Waals surface area contributed by atoms with Gasteiger partial charge in [-0.15, -0.1) is 0 Å². The number of hydrogen-bond acceptors (Lipinski definition) is 0. The highest BCUT2D eigenvalue weighted by atomic mass is 35.5. The summed E-state index contributed by atoms with van der Waals surface area (Å²) in [6, 6.07) is 6.59. The lowest BCUT2D eigenvalue weighted by Crippen LogP contribution is -1.70. The third-order valence-corrected chi connectivity index (χ3v) is 2.34. The molecule has 2 rings (SSSR count). The number of H-pyrrole nitrogens is 1. The van der Waals surface area contributed by atoms with Gasteiger partial charge in [0.25, 0.3) is 0 Å². The number of benzene rings is 1. The molecule has 1 N–H and O–H groups in total. The van der Waals surface area contributed by atoms with Crippen LogP contribution in [0.3, 0.4) is 0 Å². The Morgan fingerprint density at radius 2 is 2.09 bits per heavy atom. The van der Waals surface area contributed by atoms with Crippen LogP contribution >= 0.6 is 23.2 Å². The van der Waals surface area contributed by atoms with Crippen LogP contribution in [0.5, 0.6) is 0 Å². The lowest BCUT2D eigenvalue weighted by Gasteiger charge is -1.95. The van der Waals surface area contributed by atoms with Gasteiger partial charge >= 0.3 is 0 Å². The summed E-state index contributed by atoms with van der Waals surface area (Å²) in [5.41, 5.74) is 0.958. The van der Waals surface area contributed by atoms with Gasteiger partial charge in [0.15, 0.2) is 0 Å². The van der Waals surface area contributed by atoms with Gasteiger partial charge in [0.2, 0.25) is 0 Å². The Morgan fingerprint density at radius 3 is 2.91 bits per heavy atom. The van der Waals surface area contributed by atoms with Crippen molar-refractivity contribution in [3.05, 3.63) is 34.4 Å². The van der Waals surface area contributed by atoms with Gasteiger partial charge in [-0.2, -0.15) is 0 Å². The number of aromatic nitrogens is 1. The summed E-state index contributed by atoms with van der Waals surface area (Å²) < 4.78 is 0. The van der Waals surface area contributed by atoms with E-state index < -0.39 is 0 Å². The summed E-state index contributed by atoms with van der Waals surface area (Å²) in [7, 11) is 0. The highest BCUT2D eigenvalue weighted by Crippen LogP contribution is 2.29. The summed E-state index contributed by atoms with van der Waals surface area (Å²) in [5, 5.41) is 1.97. The molecule has 0 amide bonds. The molecule has 0 aliphatic carbocycles. The fraction of sp³-hybridized carbons (Fsp3) is 0. The van der Waals surface area contributed by atoms with Crippen molar-refractivity contribution in [2.75, 3.05) is 0 Å².